The SMILES string of the molecule is CCOCCN=C1NC(C)(CC)CCS1. The fraction of sp³-hybridized carbons (Fsp3) is 0.909. The molecule has 0 bridgehead atoms. The van der Waals surface area contributed by atoms with Crippen LogP contribution in [0, 0.1) is 0 Å². The quantitative estimate of drug-likeness (QED) is 0.736. The smallest absolute Gasteiger partial charge is 0.157 e. The van der Waals surface area contributed by atoms with Crippen LogP contribution in [0.2, 0.25) is 0 Å². The molecule has 0 aliphatic carbocycles. The average molecular weight is 230 g/mol. The molecule has 4 heteroatoms. The molecule has 15 heavy (non-hydrogen) atoms. The lowest BCUT2D eigenvalue weighted by atomic mass is 9.96. The van der Waals surface area contributed by atoms with E-state index in [9.17, 15) is 0 Å². The molecule has 0 aromatic carbocycles. The Morgan fingerprint density at radius 3 is 3.00 bits per heavy atom. The summed E-state index contributed by atoms with van der Waals surface area (Å²) in [6.45, 7) is 8.77. The van der Waals surface area contributed by atoms with Crippen molar-refractivity contribution in [2.24, 2.45) is 4.99 Å². The number of nitrogens with one attached hydrogen (secondary N) is 1. The summed E-state index contributed by atoms with van der Waals surface area (Å²) < 4.78 is 5.26. The minimum Gasteiger partial charge on any atom is -0.380 e. The Hall–Kier alpha value is -0.220. The first-order valence-corrected chi connectivity index (χ1v) is 6.72. The number of hydrogen-bond donors (Lipinski definition) is 1. The summed E-state index contributed by atoms with van der Waals surface area (Å²) in [5, 5.41) is 4.60. The maximum Gasteiger partial charge on any atom is 0.157 e. The van der Waals surface area contributed by atoms with Gasteiger partial charge in [0.25, 0.3) is 0 Å². The summed E-state index contributed by atoms with van der Waals surface area (Å²) in [5.41, 5.74) is 0.246. The highest BCUT2D eigenvalue weighted by atomic mass is 32.2. The summed E-state index contributed by atoms with van der Waals surface area (Å²) in [4.78, 5) is 4.51. The normalized spacial score (nSPS) is 29.1. The highest BCUT2D eigenvalue weighted by Crippen LogP contribution is 2.24. The fourth-order valence-electron chi connectivity index (χ4n) is 1.44. The second kappa shape index (κ2) is 6.38. The zero-order chi connectivity index (χ0) is 11.1. The van der Waals surface area contributed by atoms with Gasteiger partial charge >= 0.3 is 0 Å². The third kappa shape index (κ3) is 4.43. The molecule has 88 valence electrons. The first kappa shape index (κ1) is 12.8. The molecule has 1 fully saturated rings. The predicted octanol–water partition coefficient (Wildman–Crippen LogP) is 2.27. The molecule has 1 atom stereocenters. The van der Waals surface area contributed by atoms with E-state index in [-0.39, 0.29) is 5.54 Å². The van der Waals surface area contributed by atoms with Gasteiger partial charge in [-0.1, -0.05) is 18.7 Å². The molecule has 1 aliphatic heterocycles. The summed E-state index contributed by atoms with van der Waals surface area (Å²) >= 11 is 1.82. The molecule has 0 aromatic heterocycles. The zero-order valence-corrected chi connectivity index (χ0v) is 10.8. The molecule has 0 radical (unpaired) electrons. The van der Waals surface area contributed by atoms with Gasteiger partial charge in [-0.05, 0) is 26.7 Å². The standard InChI is InChI=1S/C11H22N2OS/c1-4-11(3)6-9-15-10(13-11)12-7-8-14-5-2/h4-9H2,1-3H3,(H,12,13). The summed E-state index contributed by atoms with van der Waals surface area (Å²) in [6, 6.07) is 0. The lowest BCUT2D eigenvalue weighted by Gasteiger charge is -2.35. The number of thioether (sulfide) groups is 1. The number of aliphatic imine (C=N–C) groups is 1. The molecule has 0 saturated carbocycles. The Balaban J connectivity index is 2.35. The highest BCUT2D eigenvalue weighted by molar-refractivity contribution is 8.13. The Morgan fingerprint density at radius 1 is 1.53 bits per heavy atom. The third-order valence-electron chi connectivity index (χ3n) is 2.78. The molecule has 1 rings (SSSR count). The first-order chi connectivity index (χ1) is 7.20. The monoisotopic (exact) mass is 230 g/mol. The number of ether oxygens (including phenoxy) is 1. The van der Waals surface area contributed by atoms with Crippen molar-refractivity contribution in [1.82, 2.24) is 5.32 Å². The van der Waals surface area contributed by atoms with E-state index < -0.39 is 0 Å². The third-order valence-corrected chi connectivity index (χ3v) is 3.69. The summed E-state index contributed by atoms with van der Waals surface area (Å²) in [6.07, 6.45) is 2.37. The molecule has 1 N–H and O–H groups in total. The van der Waals surface area contributed by atoms with Gasteiger partial charge in [0.1, 0.15) is 0 Å². The largest absolute Gasteiger partial charge is 0.380 e. The predicted molar refractivity (Wildman–Crippen MR) is 67.7 cm³/mol. The van der Waals surface area contributed by atoms with Crippen molar-refractivity contribution in [3.05, 3.63) is 0 Å². The minimum absolute atomic E-state index is 0.246. The Kier molecular flexibility index (Phi) is 5.47. The van der Waals surface area contributed by atoms with E-state index in [0.717, 1.165) is 31.3 Å². The van der Waals surface area contributed by atoms with E-state index in [2.05, 4.69) is 24.2 Å². The Bertz CT molecular complexity index is 221. The van der Waals surface area contributed by atoms with E-state index >= 15 is 0 Å². The van der Waals surface area contributed by atoms with Gasteiger partial charge in [-0.2, -0.15) is 0 Å². The van der Waals surface area contributed by atoms with Gasteiger partial charge in [0.2, 0.25) is 0 Å². The first-order valence-electron chi connectivity index (χ1n) is 5.73. The molecule has 0 amide bonds. The summed E-state index contributed by atoms with van der Waals surface area (Å²) in [7, 11) is 0. The van der Waals surface area contributed by atoms with Gasteiger partial charge in [-0.3, -0.25) is 4.99 Å². The van der Waals surface area contributed by atoms with Crippen LogP contribution in [0.3, 0.4) is 0 Å². The van der Waals surface area contributed by atoms with Crippen LogP contribution in [0.25, 0.3) is 0 Å². The Morgan fingerprint density at radius 2 is 2.33 bits per heavy atom. The molecule has 3 nitrogen and oxygen atoms in total. The zero-order valence-electron chi connectivity index (χ0n) is 10.0. The Labute approximate surface area is 97.1 Å². The van der Waals surface area contributed by atoms with Crippen LogP contribution in [-0.2, 0) is 4.74 Å². The van der Waals surface area contributed by atoms with Gasteiger partial charge in [-0.15, -0.1) is 0 Å². The van der Waals surface area contributed by atoms with Crippen molar-refractivity contribution in [3.63, 3.8) is 0 Å². The average Bonchev–Trinajstić information content (AvgIpc) is 2.25. The molecular weight excluding hydrogens is 208 g/mol. The van der Waals surface area contributed by atoms with Crippen LogP contribution in [0.4, 0.5) is 0 Å². The number of hydrogen-bond acceptors (Lipinski definition) is 3. The van der Waals surface area contributed by atoms with Gasteiger partial charge in [0.15, 0.2) is 5.17 Å². The lowest BCUT2D eigenvalue weighted by Crippen LogP contribution is -2.48. The second-order valence-electron chi connectivity index (χ2n) is 4.02. The number of amidine groups is 1. The van der Waals surface area contributed by atoms with Gasteiger partial charge in [0.05, 0.1) is 13.2 Å². The van der Waals surface area contributed by atoms with Crippen LogP contribution in [0.5, 0.6) is 0 Å². The van der Waals surface area contributed by atoms with Gasteiger partial charge in [-0.25, -0.2) is 0 Å². The maximum absolute atomic E-state index is 5.26. The second-order valence-corrected chi connectivity index (χ2v) is 5.11. The lowest BCUT2D eigenvalue weighted by molar-refractivity contribution is 0.155. The molecule has 1 aliphatic rings. The van der Waals surface area contributed by atoms with Crippen molar-refractivity contribution >= 4 is 16.9 Å². The molecule has 0 spiro atoms. The van der Waals surface area contributed by atoms with E-state index in [1.54, 1.807) is 0 Å². The molecule has 0 aromatic rings. The minimum atomic E-state index is 0.246. The molecule has 1 unspecified atom stereocenters. The number of nitrogens with zero attached hydrogens (tertiary/aromatic N) is 1. The van der Waals surface area contributed by atoms with Crippen molar-refractivity contribution in [2.45, 2.75) is 39.2 Å². The summed E-state index contributed by atoms with van der Waals surface area (Å²) in [5.74, 6) is 1.17. The van der Waals surface area contributed by atoms with Gasteiger partial charge < -0.3 is 10.1 Å². The highest BCUT2D eigenvalue weighted by Gasteiger charge is 2.27. The van der Waals surface area contributed by atoms with E-state index in [0.29, 0.717) is 0 Å². The van der Waals surface area contributed by atoms with Crippen LogP contribution in [0.15, 0.2) is 4.99 Å². The van der Waals surface area contributed by atoms with Crippen LogP contribution >= 0.6 is 11.8 Å². The van der Waals surface area contributed by atoms with Crippen LogP contribution < -0.4 is 5.32 Å². The fourth-order valence-corrected chi connectivity index (χ4v) is 2.68. The molecular formula is C11H22N2OS. The van der Waals surface area contributed by atoms with Crippen molar-refractivity contribution in [2.75, 3.05) is 25.5 Å². The number of rotatable bonds is 5. The van der Waals surface area contributed by atoms with Crippen LogP contribution in [-0.4, -0.2) is 36.2 Å². The van der Waals surface area contributed by atoms with Crippen molar-refractivity contribution in [1.29, 1.82) is 0 Å². The van der Waals surface area contributed by atoms with E-state index in [4.69, 9.17) is 4.74 Å². The molecule has 1 saturated heterocycles. The topological polar surface area (TPSA) is 33.6 Å². The van der Waals surface area contributed by atoms with E-state index in [1.807, 2.05) is 18.7 Å². The van der Waals surface area contributed by atoms with Crippen molar-refractivity contribution in [3.8, 4) is 0 Å². The van der Waals surface area contributed by atoms with Crippen LogP contribution in [0.1, 0.15) is 33.6 Å². The van der Waals surface area contributed by atoms with Gasteiger partial charge in [0, 0.05) is 17.9 Å². The molecule has 1 heterocycles. The van der Waals surface area contributed by atoms with E-state index in [1.165, 1.54) is 12.2 Å². The maximum atomic E-state index is 5.26. The van der Waals surface area contributed by atoms with Crippen molar-refractivity contribution < 1.29 is 4.74 Å².